The van der Waals surface area contributed by atoms with Gasteiger partial charge >= 0.3 is 0 Å². The number of carbonyl (C=O) groups excluding carboxylic acids is 3. The third kappa shape index (κ3) is 4.71. The molecule has 0 rings (SSSR count). The van der Waals surface area contributed by atoms with E-state index in [-0.39, 0.29) is 29.3 Å². The van der Waals surface area contributed by atoms with E-state index in [1.807, 2.05) is 34.0 Å². The van der Waals surface area contributed by atoms with Crippen LogP contribution in [0.4, 0.5) is 0 Å². The van der Waals surface area contributed by atoms with E-state index in [1.54, 1.807) is 13.8 Å². The molecule has 0 spiro atoms. The van der Waals surface area contributed by atoms with E-state index in [9.17, 15) is 14.4 Å². The maximum atomic E-state index is 12.0. The molecule has 0 saturated carbocycles. The van der Waals surface area contributed by atoms with Crippen molar-refractivity contribution >= 4 is 17.9 Å². The molecule has 0 aromatic rings. The van der Waals surface area contributed by atoms with Gasteiger partial charge < -0.3 is 0 Å². The molecule has 0 aromatic carbocycles. The first-order valence-corrected chi connectivity index (χ1v) is 6.52. The van der Waals surface area contributed by atoms with Gasteiger partial charge in [0.1, 0.15) is 11.6 Å². The highest BCUT2D eigenvalue weighted by Crippen LogP contribution is 2.26. The van der Waals surface area contributed by atoms with Crippen LogP contribution < -0.4 is 0 Å². The van der Waals surface area contributed by atoms with Gasteiger partial charge in [0, 0.05) is 18.3 Å². The Labute approximate surface area is 110 Å². The van der Waals surface area contributed by atoms with Crippen molar-refractivity contribution in [1.29, 1.82) is 0 Å². The Balaban J connectivity index is 4.51. The van der Waals surface area contributed by atoms with Crippen LogP contribution >= 0.6 is 0 Å². The SMILES string of the molecule is CCC(C)([C]=O)C(=O)CC(C)CC(=O)C(C)(C)C. The van der Waals surface area contributed by atoms with Gasteiger partial charge in [0.05, 0.1) is 5.41 Å². The van der Waals surface area contributed by atoms with E-state index in [0.717, 1.165) is 0 Å². The van der Waals surface area contributed by atoms with Gasteiger partial charge in [-0.2, -0.15) is 0 Å². The number of hydrogen-bond acceptors (Lipinski definition) is 3. The second kappa shape index (κ2) is 6.26. The molecule has 0 aliphatic heterocycles. The van der Waals surface area contributed by atoms with Crippen molar-refractivity contribution in [2.45, 2.75) is 60.8 Å². The number of carbonyl (C=O) groups is 2. The Morgan fingerprint density at radius 1 is 1.06 bits per heavy atom. The fourth-order valence-electron chi connectivity index (χ4n) is 1.56. The first-order chi connectivity index (χ1) is 8.06. The molecule has 1 radical (unpaired) electrons. The van der Waals surface area contributed by atoms with Gasteiger partial charge in [0.25, 0.3) is 0 Å². The molecule has 0 aliphatic carbocycles. The monoisotopic (exact) mass is 253 g/mol. The van der Waals surface area contributed by atoms with Crippen molar-refractivity contribution in [2.75, 3.05) is 0 Å². The molecule has 103 valence electrons. The molecule has 2 atom stereocenters. The van der Waals surface area contributed by atoms with Gasteiger partial charge in [-0.3, -0.25) is 14.4 Å². The van der Waals surface area contributed by atoms with Crippen molar-refractivity contribution in [2.24, 2.45) is 16.7 Å². The smallest absolute Gasteiger partial charge is 0.212 e. The highest BCUT2D eigenvalue weighted by atomic mass is 16.1. The molecule has 0 N–H and O–H groups in total. The van der Waals surface area contributed by atoms with Crippen molar-refractivity contribution in [3.8, 4) is 0 Å². The van der Waals surface area contributed by atoms with Crippen LogP contribution in [-0.2, 0) is 14.4 Å². The number of rotatable bonds is 7. The fourth-order valence-corrected chi connectivity index (χ4v) is 1.56. The zero-order valence-corrected chi connectivity index (χ0v) is 12.4. The van der Waals surface area contributed by atoms with Crippen molar-refractivity contribution in [1.82, 2.24) is 0 Å². The maximum Gasteiger partial charge on any atom is 0.212 e. The number of hydrogen-bond donors (Lipinski definition) is 0. The molecule has 0 fully saturated rings. The van der Waals surface area contributed by atoms with E-state index in [2.05, 4.69) is 0 Å². The Morgan fingerprint density at radius 2 is 1.50 bits per heavy atom. The summed E-state index contributed by atoms with van der Waals surface area (Å²) in [5.41, 5.74) is -1.39. The minimum Gasteiger partial charge on any atom is -0.299 e. The van der Waals surface area contributed by atoms with Crippen LogP contribution in [0.1, 0.15) is 60.8 Å². The van der Waals surface area contributed by atoms with Crippen molar-refractivity contribution in [3.05, 3.63) is 0 Å². The third-order valence-electron chi connectivity index (χ3n) is 3.45. The lowest BCUT2D eigenvalue weighted by Gasteiger charge is -2.23. The van der Waals surface area contributed by atoms with Crippen LogP contribution in [0.3, 0.4) is 0 Å². The lowest BCUT2D eigenvalue weighted by molar-refractivity contribution is -0.128. The topological polar surface area (TPSA) is 51.2 Å². The Hall–Kier alpha value is -0.990. The van der Waals surface area contributed by atoms with Gasteiger partial charge in [0.15, 0.2) is 0 Å². The average Bonchev–Trinajstić information content (AvgIpc) is 2.26. The van der Waals surface area contributed by atoms with Crippen LogP contribution in [0.25, 0.3) is 0 Å². The Kier molecular flexibility index (Phi) is 5.91. The van der Waals surface area contributed by atoms with Crippen molar-refractivity contribution < 1.29 is 14.4 Å². The standard InChI is InChI=1S/C15H25O3/c1-7-15(6,10-16)13(18)9-11(2)8-12(17)14(3,4)5/h11H,7-9H2,1-6H3. The molecule has 0 bridgehead atoms. The normalized spacial score (nSPS) is 16.8. The molecule has 2 unspecified atom stereocenters. The quantitative estimate of drug-likeness (QED) is 0.655. The van der Waals surface area contributed by atoms with Crippen LogP contribution in [-0.4, -0.2) is 17.9 Å². The largest absolute Gasteiger partial charge is 0.299 e. The van der Waals surface area contributed by atoms with E-state index < -0.39 is 5.41 Å². The number of Topliss-reactive ketones (excluding diaryl/α,β-unsaturated/α-hetero) is 2. The van der Waals surface area contributed by atoms with Gasteiger partial charge in [-0.1, -0.05) is 34.6 Å². The van der Waals surface area contributed by atoms with Gasteiger partial charge in [-0.15, -0.1) is 0 Å². The molecule has 0 heterocycles. The van der Waals surface area contributed by atoms with E-state index >= 15 is 0 Å². The highest BCUT2D eigenvalue weighted by Gasteiger charge is 2.33. The predicted molar refractivity (Wildman–Crippen MR) is 72.0 cm³/mol. The van der Waals surface area contributed by atoms with Crippen molar-refractivity contribution in [3.63, 3.8) is 0 Å². The average molecular weight is 253 g/mol. The molecule has 0 amide bonds. The molecule has 0 saturated heterocycles. The Morgan fingerprint density at radius 3 is 1.83 bits per heavy atom. The number of ketones is 2. The minimum absolute atomic E-state index is 0.0246. The maximum absolute atomic E-state index is 12.0. The van der Waals surface area contributed by atoms with E-state index in [0.29, 0.717) is 12.8 Å². The first-order valence-electron chi connectivity index (χ1n) is 6.52. The summed E-state index contributed by atoms with van der Waals surface area (Å²) in [6.45, 7) is 10.9. The molecular weight excluding hydrogens is 228 g/mol. The van der Waals surface area contributed by atoms with Gasteiger partial charge in [-0.25, -0.2) is 0 Å². The van der Waals surface area contributed by atoms with Crippen LogP contribution in [0.2, 0.25) is 0 Å². The van der Waals surface area contributed by atoms with Crippen LogP contribution in [0.15, 0.2) is 0 Å². The van der Waals surface area contributed by atoms with Crippen LogP contribution in [0, 0.1) is 16.7 Å². The molecule has 3 heteroatoms. The predicted octanol–water partition coefficient (Wildman–Crippen LogP) is 3.11. The molecular formula is C15H25O3. The third-order valence-corrected chi connectivity index (χ3v) is 3.45. The summed E-state index contributed by atoms with van der Waals surface area (Å²) < 4.78 is 0. The lowest BCUT2D eigenvalue weighted by Crippen LogP contribution is -2.31. The zero-order chi connectivity index (χ0) is 14.6. The fraction of sp³-hybridized carbons (Fsp3) is 0.800. The molecule has 0 aliphatic rings. The molecule has 18 heavy (non-hydrogen) atoms. The summed E-state index contributed by atoms with van der Waals surface area (Å²) in [6, 6.07) is 0. The lowest BCUT2D eigenvalue weighted by atomic mass is 9.78. The summed E-state index contributed by atoms with van der Waals surface area (Å²) >= 11 is 0. The van der Waals surface area contributed by atoms with Gasteiger partial charge in [0.2, 0.25) is 6.29 Å². The van der Waals surface area contributed by atoms with Crippen LogP contribution in [0.5, 0.6) is 0 Å². The summed E-state index contributed by atoms with van der Waals surface area (Å²) in [6.07, 6.45) is 2.93. The molecule has 3 nitrogen and oxygen atoms in total. The Bertz CT molecular complexity index is 325. The molecule has 0 aromatic heterocycles. The first kappa shape index (κ1) is 17.0. The zero-order valence-electron chi connectivity index (χ0n) is 12.4. The minimum atomic E-state index is -1.01. The summed E-state index contributed by atoms with van der Waals surface area (Å²) in [5, 5.41) is 0. The summed E-state index contributed by atoms with van der Waals surface area (Å²) in [5.74, 6) is 0.00810. The summed E-state index contributed by atoms with van der Waals surface area (Å²) in [7, 11) is 0. The van der Waals surface area contributed by atoms with Gasteiger partial charge in [-0.05, 0) is 19.3 Å². The second-order valence-electron chi connectivity index (χ2n) is 6.40. The second-order valence-corrected chi connectivity index (χ2v) is 6.40. The highest BCUT2D eigenvalue weighted by molar-refractivity contribution is 5.98. The van der Waals surface area contributed by atoms with E-state index in [1.165, 1.54) is 0 Å². The van der Waals surface area contributed by atoms with E-state index in [4.69, 9.17) is 0 Å². The summed E-state index contributed by atoms with van der Waals surface area (Å²) in [4.78, 5) is 34.7.